The zero-order valence-electron chi connectivity index (χ0n) is 7.77. The molecule has 0 aromatic heterocycles. The Hall–Kier alpha value is -0.520. The topological polar surface area (TPSA) is 46.5 Å². The van der Waals surface area contributed by atoms with Gasteiger partial charge in [0.15, 0.2) is 0 Å². The number of carbonyl (C=O) groups is 1. The lowest BCUT2D eigenvalue weighted by molar-refractivity contribution is 0.0454. The number of hydrogen-bond acceptors (Lipinski definition) is 3. The van der Waals surface area contributed by atoms with Crippen LogP contribution >= 0.6 is 27.7 Å². The summed E-state index contributed by atoms with van der Waals surface area (Å²) in [7, 11) is 0. The summed E-state index contributed by atoms with van der Waals surface area (Å²) in [4.78, 5) is 11.8. The van der Waals surface area contributed by atoms with Crippen molar-refractivity contribution in [1.29, 1.82) is 0 Å². The number of thioether (sulfide) groups is 1. The molecule has 0 saturated carbocycles. The minimum atomic E-state index is -0.884. The molecule has 1 aliphatic rings. The Bertz CT molecular complexity index is 390. The van der Waals surface area contributed by atoms with Crippen LogP contribution in [0.3, 0.4) is 0 Å². The smallest absolute Gasteiger partial charge is 0.336 e. The Kier molecular flexibility index (Phi) is 3.33. The van der Waals surface area contributed by atoms with E-state index in [9.17, 15) is 4.79 Å². The molecule has 0 aliphatic carbocycles. The average Bonchev–Trinajstić information content (AvgIpc) is 2.11. The van der Waals surface area contributed by atoms with E-state index >= 15 is 0 Å². The zero-order chi connectivity index (χ0) is 10.8. The van der Waals surface area contributed by atoms with Crippen molar-refractivity contribution >= 4 is 33.7 Å². The molecule has 1 aromatic carbocycles. The lowest BCUT2D eigenvalue weighted by atomic mass is 10.2. The van der Waals surface area contributed by atoms with E-state index < -0.39 is 5.97 Å². The van der Waals surface area contributed by atoms with Gasteiger partial charge in [0.25, 0.3) is 0 Å². The monoisotopic (exact) mass is 288 g/mol. The summed E-state index contributed by atoms with van der Waals surface area (Å²) >= 11 is 4.90. The van der Waals surface area contributed by atoms with Crippen LogP contribution in [0.1, 0.15) is 10.4 Å². The van der Waals surface area contributed by atoms with Crippen LogP contribution in [-0.4, -0.2) is 29.5 Å². The molecule has 0 amide bonds. The fourth-order valence-electron chi connectivity index (χ4n) is 1.23. The van der Waals surface area contributed by atoms with Crippen LogP contribution in [-0.2, 0) is 4.74 Å². The second-order valence-electron chi connectivity index (χ2n) is 3.22. The molecule has 0 unspecified atom stereocenters. The number of rotatable bonds is 3. The highest BCUT2D eigenvalue weighted by Crippen LogP contribution is 2.32. The van der Waals surface area contributed by atoms with Gasteiger partial charge in [-0.1, -0.05) is 15.9 Å². The third kappa shape index (κ3) is 2.53. The summed E-state index contributed by atoms with van der Waals surface area (Å²) in [5, 5.41) is 9.39. The Morgan fingerprint density at radius 1 is 1.53 bits per heavy atom. The third-order valence-electron chi connectivity index (χ3n) is 2.08. The van der Waals surface area contributed by atoms with Crippen LogP contribution in [0.5, 0.6) is 0 Å². The van der Waals surface area contributed by atoms with Gasteiger partial charge in [-0.25, -0.2) is 4.79 Å². The van der Waals surface area contributed by atoms with Crippen molar-refractivity contribution in [3.63, 3.8) is 0 Å². The van der Waals surface area contributed by atoms with Gasteiger partial charge in [-0.2, -0.15) is 0 Å². The van der Waals surface area contributed by atoms with Crippen molar-refractivity contribution in [3.05, 3.63) is 28.2 Å². The lowest BCUT2D eigenvalue weighted by Gasteiger charge is -2.25. The fraction of sp³-hybridized carbons (Fsp3) is 0.300. The quantitative estimate of drug-likeness (QED) is 0.929. The van der Waals surface area contributed by atoms with E-state index in [0.29, 0.717) is 24.0 Å². The molecule has 15 heavy (non-hydrogen) atoms. The van der Waals surface area contributed by atoms with Crippen LogP contribution in [0.25, 0.3) is 0 Å². The number of halogens is 1. The zero-order valence-corrected chi connectivity index (χ0v) is 10.2. The second kappa shape index (κ2) is 4.55. The molecule has 5 heteroatoms. The third-order valence-corrected chi connectivity index (χ3v) is 3.77. The summed E-state index contributed by atoms with van der Waals surface area (Å²) in [6, 6.07) is 5.20. The summed E-state index contributed by atoms with van der Waals surface area (Å²) < 4.78 is 5.96. The highest BCUT2D eigenvalue weighted by atomic mass is 79.9. The van der Waals surface area contributed by atoms with Crippen LogP contribution in [0.15, 0.2) is 27.6 Å². The van der Waals surface area contributed by atoms with Gasteiger partial charge < -0.3 is 9.84 Å². The first-order valence-corrected chi connectivity index (χ1v) is 6.11. The molecule has 2 rings (SSSR count). The van der Waals surface area contributed by atoms with Crippen molar-refractivity contribution < 1.29 is 14.6 Å². The van der Waals surface area contributed by atoms with Gasteiger partial charge in [0, 0.05) is 9.37 Å². The van der Waals surface area contributed by atoms with Crippen molar-refractivity contribution in [2.24, 2.45) is 0 Å². The van der Waals surface area contributed by atoms with E-state index in [2.05, 4.69) is 15.9 Å². The van der Waals surface area contributed by atoms with Gasteiger partial charge in [-0.3, -0.25) is 0 Å². The highest BCUT2D eigenvalue weighted by Gasteiger charge is 2.22. The molecule has 1 N–H and O–H groups in total. The molecule has 0 atom stereocenters. The SMILES string of the molecule is O=C(O)c1ccc(Br)cc1SC1COC1. The van der Waals surface area contributed by atoms with E-state index in [0.717, 1.165) is 9.37 Å². The number of hydrogen-bond donors (Lipinski definition) is 1. The van der Waals surface area contributed by atoms with Gasteiger partial charge in [0.05, 0.1) is 24.0 Å². The predicted molar refractivity (Wildman–Crippen MR) is 61.6 cm³/mol. The molecule has 0 radical (unpaired) electrons. The molecule has 0 spiro atoms. The molecular weight excluding hydrogens is 280 g/mol. The van der Waals surface area contributed by atoms with Gasteiger partial charge in [-0.05, 0) is 18.2 Å². The highest BCUT2D eigenvalue weighted by molar-refractivity contribution is 9.10. The van der Waals surface area contributed by atoms with Crippen molar-refractivity contribution in [1.82, 2.24) is 0 Å². The Morgan fingerprint density at radius 2 is 2.27 bits per heavy atom. The van der Waals surface area contributed by atoms with E-state index in [4.69, 9.17) is 9.84 Å². The summed E-state index contributed by atoms with van der Waals surface area (Å²) in [5.74, 6) is -0.884. The maximum Gasteiger partial charge on any atom is 0.336 e. The van der Waals surface area contributed by atoms with Gasteiger partial charge in [-0.15, -0.1) is 11.8 Å². The first kappa shape index (κ1) is 11.0. The maximum atomic E-state index is 11.0. The normalized spacial score (nSPS) is 16.1. The largest absolute Gasteiger partial charge is 0.478 e. The number of carboxylic acid groups (broad SMARTS) is 1. The average molecular weight is 289 g/mol. The van der Waals surface area contributed by atoms with Crippen LogP contribution in [0.2, 0.25) is 0 Å². The molecule has 1 saturated heterocycles. The molecule has 1 heterocycles. The van der Waals surface area contributed by atoms with Crippen molar-refractivity contribution in [2.75, 3.05) is 13.2 Å². The van der Waals surface area contributed by atoms with Crippen LogP contribution < -0.4 is 0 Å². The number of benzene rings is 1. The Balaban J connectivity index is 2.24. The van der Waals surface area contributed by atoms with E-state index in [1.165, 1.54) is 0 Å². The minimum absolute atomic E-state index is 0.357. The first-order chi connectivity index (χ1) is 7.16. The van der Waals surface area contributed by atoms with Crippen LogP contribution in [0, 0.1) is 0 Å². The summed E-state index contributed by atoms with van der Waals surface area (Å²) in [6.07, 6.45) is 0. The number of carboxylic acids is 1. The molecular formula is C10H9BrO3S. The molecule has 3 nitrogen and oxygen atoms in total. The molecule has 0 bridgehead atoms. The number of ether oxygens (including phenoxy) is 1. The van der Waals surface area contributed by atoms with Gasteiger partial charge >= 0.3 is 5.97 Å². The lowest BCUT2D eigenvalue weighted by Crippen LogP contribution is -2.30. The molecule has 1 aliphatic heterocycles. The van der Waals surface area contributed by atoms with Crippen molar-refractivity contribution in [3.8, 4) is 0 Å². The second-order valence-corrected chi connectivity index (χ2v) is 5.48. The van der Waals surface area contributed by atoms with Gasteiger partial charge in [0.1, 0.15) is 0 Å². The molecule has 1 fully saturated rings. The maximum absolute atomic E-state index is 11.0. The van der Waals surface area contributed by atoms with E-state index in [1.54, 1.807) is 23.9 Å². The standard InChI is InChI=1S/C10H9BrO3S/c11-6-1-2-8(10(12)13)9(3-6)15-7-4-14-5-7/h1-3,7H,4-5H2,(H,12,13). The fourth-order valence-corrected chi connectivity index (χ4v) is 2.91. The molecule has 80 valence electrons. The van der Waals surface area contributed by atoms with Gasteiger partial charge in [0.2, 0.25) is 0 Å². The summed E-state index contributed by atoms with van der Waals surface area (Å²) in [5.41, 5.74) is 0.357. The van der Waals surface area contributed by atoms with E-state index in [1.807, 2.05) is 6.07 Å². The van der Waals surface area contributed by atoms with Crippen LogP contribution in [0.4, 0.5) is 0 Å². The van der Waals surface area contributed by atoms with Crippen molar-refractivity contribution in [2.45, 2.75) is 10.1 Å². The Labute approximate surface area is 99.9 Å². The summed E-state index contributed by atoms with van der Waals surface area (Å²) in [6.45, 7) is 1.41. The molecule has 1 aromatic rings. The first-order valence-electron chi connectivity index (χ1n) is 4.44. The number of aromatic carboxylic acids is 1. The minimum Gasteiger partial charge on any atom is -0.478 e. The Morgan fingerprint density at radius 3 is 2.80 bits per heavy atom. The van der Waals surface area contributed by atoms with E-state index in [-0.39, 0.29) is 0 Å². The predicted octanol–water partition coefficient (Wildman–Crippen LogP) is 2.64.